The molecule has 1 heterocycles. The molecule has 3 aromatic rings. The summed E-state index contributed by atoms with van der Waals surface area (Å²) in [7, 11) is -3.89. The van der Waals surface area contributed by atoms with Crippen molar-refractivity contribution >= 4 is 21.6 Å². The lowest BCUT2D eigenvalue weighted by Gasteiger charge is -2.24. The van der Waals surface area contributed by atoms with Gasteiger partial charge in [0.2, 0.25) is 5.91 Å². The number of nitrogens with zero attached hydrogens (tertiary/aromatic N) is 1. The molecule has 0 aliphatic rings. The molecule has 30 heavy (non-hydrogen) atoms. The smallest absolute Gasteiger partial charge is 0.264 e. The standard InChI is InChI=1S/C23H26N2O4S/c1-18-7-11-20(12-8-18)25(30(27,28)22-13-9-19(2)10-14-22)17-23(26)24-15-3-5-21-6-4-16-29-21/h4,6-14,16H,3,5,15,17H2,1-2H3,(H,24,26). The van der Waals surface area contributed by atoms with Gasteiger partial charge in [-0.15, -0.1) is 0 Å². The lowest BCUT2D eigenvalue weighted by atomic mass is 10.2. The molecule has 0 fully saturated rings. The molecular formula is C23H26N2O4S. The maximum absolute atomic E-state index is 13.3. The summed E-state index contributed by atoms with van der Waals surface area (Å²) in [5, 5.41) is 2.80. The van der Waals surface area contributed by atoms with Crippen LogP contribution in [0.2, 0.25) is 0 Å². The molecule has 1 amide bonds. The monoisotopic (exact) mass is 426 g/mol. The predicted octanol–water partition coefficient (Wildman–Crippen LogP) is 3.84. The second-order valence-electron chi connectivity index (χ2n) is 7.19. The first kappa shape index (κ1) is 21.6. The van der Waals surface area contributed by atoms with Gasteiger partial charge >= 0.3 is 0 Å². The molecule has 0 saturated heterocycles. The van der Waals surface area contributed by atoms with E-state index in [0.29, 0.717) is 25.1 Å². The molecule has 0 unspecified atom stereocenters. The van der Waals surface area contributed by atoms with Crippen molar-refractivity contribution in [3.8, 4) is 0 Å². The predicted molar refractivity (Wildman–Crippen MR) is 117 cm³/mol. The molecule has 0 atom stereocenters. The Morgan fingerprint density at radius 3 is 2.20 bits per heavy atom. The highest BCUT2D eigenvalue weighted by atomic mass is 32.2. The quantitative estimate of drug-likeness (QED) is 0.527. The summed E-state index contributed by atoms with van der Waals surface area (Å²) in [6.45, 7) is 3.96. The summed E-state index contributed by atoms with van der Waals surface area (Å²) in [5.41, 5.74) is 2.42. The highest BCUT2D eigenvalue weighted by Gasteiger charge is 2.27. The summed E-state index contributed by atoms with van der Waals surface area (Å²) in [4.78, 5) is 12.7. The normalized spacial score (nSPS) is 11.3. The van der Waals surface area contributed by atoms with Crippen molar-refractivity contribution in [3.63, 3.8) is 0 Å². The van der Waals surface area contributed by atoms with Gasteiger partial charge in [-0.25, -0.2) is 8.42 Å². The molecule has 1 N–H and O–H groups in total. The summed E-state index contributed by atoms with van der Waals surface area (Å²) in [6, 6.07) is 17.4. The van der Waals surface area contributed by atoms with E-state index >= 15 is 0 Å². The molecule has 2 aromatic carbocycles. The van der Waals surface area contributed by atoms with Crippen molar-refractivity contribution in [2.24, 2.45) is 0 Å². The summed E-state index contributed by atoms with van der Waals surface area (Å²) >= 11 is 0. The molecule has 6 nitrogen and oxygen atoms in total. The maximum atomic E-state index is 13.3. The number of carbonyl (C=O) groups is 1. The average molecular weight is 427 g/mol. The number of hydrogen-bond donors (Lipinski definition) is 1. The Morgan fingerprint density at radius 1 is 0.967 bits per heavy atom. The van der Waals surface area contributed by atoms with Crippen LogP contribution in [0.15, 0.2) is 76.2 Å². The molecule has 158 valence electrons. The number of hydrogen-bond acceptors (Lipinski definition) is 4. The zero-order chi connectivity index (χ0) is 21.6. The topological polar surface area (TPSA) is 79.6 Å². The Morgan fingerprint density at radius 2 is 1.60 bits per heavy atom. The minimum atomic E-state index is -3.89. The van der Waals surface area contributed by atoms with Crippen LogP contribution < -0.4 is 9.62 Å². The minimum Gasteiger partial charge on any atom is -0.469 e. The number of anilines is 1. The van der Waals surface area contributed by atoms with E-state index in [0.717, 1.165) is 21.2 Å². The van der Waals surface area contributed by atoms with E-state index in [1.165, 1.54) is 0 Å². The lowest BCUT2D eigenvalue weighted by Crippen LogP contribution is -2.41. The molecule has 0 radical (unpaired) electrons. The number of carbonyl (C=O) groups excluding carboxylic acids is 1. The van der Waals surface area contributed by atoms with Gasteiger partial charge in [0.25, 0.3) is 10.0 Å². The summed E-state index contributed by atoms with van der Waals surface area (Å²) in [5.74, 6) is 0.498. The van der Waals surface area contributed by atoms with Gasteiger partial charge in [0.1, 0.15) is 12.3 Å². The molecule has 7 heteroatoms. The van der Waals surface area contributed by atoms with Crippen LogP contribution in [0.1, 0.15) is 23.3 Å². The SMILES string of the molecule is Cc1ccc(N(CC(=O)NCCCc2ccco2)S(=O)(=O)c2ccc(C)cc2)cc1. The fourth-order valence-electron chi connectivity index (χ4n) is 3.00. The van der Waals surface area contributed by atoms with Gasteiger partial charge in [-0.05, 0) is 56.7 Å². The zero-order valence-electron chi connectivity index (χ0n) is 17.2. The van der Waals surface area contributed by atoms with Crippen molar-refractivity contribution in [3.05, 3.63) is 83.8 Å². The summed E-state index contributed by atoms with van der Waals surface area (Å²) in [6.07, 6.45) is 3.02. The van der Waals surface area contributed by atoms with Crippen LogP contribution in [-0.2, 0) is 21.2 Å². The highest BCUT2D eigenvalue weighted by Crippen LogP contribution is 2.24. The van der Waals surface area contributed by atoms with Gasteiger partial charge in [-0.2, -0.15) is 0 Å². The van der Waals surface area contributed by atoms with Gasteiger partial charge in [-0.3, -0.25) is 9.10 Å². The molecular weight excluding hydrogens is 400 g/mol. The van der Waals surface area contributed by atoms with Crippen molar-refractivity contribution < 1.29 is 17.6 Å². The zero-order valence-corrected chi connectivity index (χ0v) is 18.0. The fraction of sp³-hybridized carbons (Fsp3) is 0.261. The Hall–Kier alpha value is -3.06. The van der Waals surface area contributed by atoms with Crippen LogP contribution in [0.3, 0.4) is 0 Å². The number of furan rings is 1. The number of benzene rings is 2. The van der Waals surface area contributed by atoms with Crippen LogP contribution in [-0.4, -0.2) is 27.4 Å². The Kier molecular flexibility index (Phi) is 6.95. The van der Waals surface area contributed by atoms with Crippen molar-refractivity contribution in [1.82, 2.24) is 5.32 Å². The van der Waals surface area contributed by atoms with Crippen LogP contribution in [0.5, 0.6) is 0 Å². The third kappa shape index (κ3) is 5.51. The van der Waals surface area contributed by atoms with Crippen LogP contribution in [0, 0.1) is 13.8 Å². The molecule has 0 spiro atoms. The largest absolute Gasteiger partial charge is 0.469 e. The Labute approximate surface area is 177 Å². The molecule has 0 aliphatic heterocycles. The second-order valence-corrected chi connectivity index (χ2v) is 9.06. The van der Waals surface area contributed by atoms with E-state index < -0.39 is 10.0 Å². The first-order valence-corrected chi connectivity index (χ1v) is 11.3. The molecule has 0 saturated carbocycles. The van der Waals surface area contributed by atoms with E-state index in [1.807, 2.05) is 38.1 Å². The first-order valence-electron chi connectivity index (χ1n) is 9.81. The second kappa shape index (κ2) is 9.63. The van der Waals surface area contributed by atoms with Gasteiger partial charge in [0.05, 0.1) is 16.8 Å². The summed E-state index contributed by atoms with van der Waals surface area (Å²) < 4.78 is 33.0. The van der Waals surface area contributed by atoms with Crippen molar-refractivity contribution in [2.45, 2.75) is 31.6 Å². The Balaban J connectivity index is 1.73. The van der Waals surface area contributed by atoms with E-state index in [9.17, 15) is 13.2 Å². The van der Waals surface area contributed by atoms with E-state index in [4.69, 9.17) is 4.42 Å². The van der Waals surface area contributed by atoms with E-state index in [2.05, 4.69) is 5.32 Å². The van der Waals surface area contributed by atoms with Gasteiger partial charge in [0, 0.05) is 13.0 Å². The van der Waals surface area contributed by atoms with E-state index in [1.54, 1.807) is 42.7 Å². The van der Waals surface area contributed by atoms with Crippen molar-refractivity contribution in [2.75, 3.05) is 17.4 Å². The third-order valence-electron chi connectivity index (χ3n) is 4.72. The number of aryl methyl sites for hydroxylation is 3. The average Bonchev–Trinajstić information content (AvgIpc) is 3.24. The highest BCUT2D eigenvalue weighted by molar-refractivity contribution is 7.92. The minimum absolute atomic E-state index is 0.152. The van der Waals surface area contributed by atoms with Crippen LogP contribution >= 0.6 is 0 Å². The van der Waals surface area contributed by atoms with Crippen LogP contribution in [0.25, 0.3) is 0 Å². The fourth-order valence-corrected chi connectivity index (χ4v) is 4.42. The lowest BCUT2D eigenvalue weighted by molar-refractivity contribution is -0.119. The molecule has 1 aromatic heterocycles. The number of nitrogens with one attached hydrogen (secondary N) is 1. The van der Waals surface area contributed by atoms with Gasteiger partial charge < -0.3 is 9.73 Å². The molecule has 0 bridgehead atoms. The van der Waals surface area contributed by atoms with Gasteiger partial charge in [0.15, 0.2) is 0 Å². The van der Waals surface area contributed by atoms with E-state index in [-0.39, 0.29) is 17.3 Å². The Bertz CT molecular complexity index is 1060. The molecule has 3 rings (SSSR count). The molecule has 0 aliphatic carbocycles. The maximum Gasteiger partial charge on any atom is 0.264 e. The first-order chi connectivity index (χ1) is 14.4. The number of rotatable bonds is 9. The third-order valence-corrected chi connectivity index (χ3v) is 6.51. The van der Waals surface area contributed by atoms with Crippen molar-refractivity contribution in [1.29, 1.82) is 0 Å². The van der Waals surface area contributed by atoms with Crippen LogP contribution in [0.4, 0.5) is 5.69 Å². The van der Waals surface area contributed by atoms with Gasteiger partial charge in [-0.1, -0.05) is 35.4 Å². The number of sulfonamides is 1. The number of amides is 1.